The Kier molecular flexibility index (Phi) is 8.13. The maximum absolute atomic E-state index is 2.48. The van der Waals surface area contributed by atoms with E-state index in [9.17, 15) is 0 Å². The highest BCUT2D eigenvalue weighted by atomic mass is 32.1. The Balaban J connectivity index is 1.06. The number of rotatable bonds is 7. The molecule has 292 valence electrons. The number of hydrogen-bond donors (Lipinski definition) is 0. The molecular formula is C56H35N3S3. The van der Waals surface area contributed by atoms with Crippen LogP contribution in [0.5, 0.6) is 0 Å². The highest BCUT2D eigenvalue weighted by Gasteiger charge is 2.24. The van der Waals surface area contributed by atoms with Crippen molar-refractivity contribution in [3.63, 3.8) is 0 Å². The maximum Gasteiger partial charge on any atom is 0.109 e. The smallest absolute Gasteiger partial charge is 0.109 e. The molecule has 0 amide bonds. The molecule has 0 fully saturated rings. The molecule has 0 unspecified atom stereocenters. The Morgan fingerprint density at radius 1 is 0.306 bits per heavy atom. The lowest BCUT2D eigenvalue weighted by Crippen LogP contribution is -2.10. The third-order valence-electron chi connectivity index (χ3n) is 12.2. The molecule has 0 aliphatic rings. The summed E-state index contributed by atoms with van der Waals surface area (Å²) in [6, 6.07) is 77.7. The van der Waals surface area contributed by atoms with Crippen molar-refractivity contribution in [1.29, 1.82) is 0 Å². The molecule has 3 nitrogen and oxygen atoms in total. The van der Waals surface area contributed by atoms with Gasteiger partial charge in [0, 0.05) is 89.6 Å². The van der Waals surface area contributed by atoms with E-state index in [2.05, 4.69) is 227 Å². The number of para-hydroxylation sites is 3. The van der Waals surface area contributed by atoms with E-state index in [0.29, 0.717) is 0 Å². The summed E-state index contributed by atoms with van der Waals surface area (Å²) in [5.74, 6) is 0. The van der Waals surface area contributed by atoms with Crippen molar-refractivity contribution in [3.8, 4) is 5.69 Å². The van der Waals surface area contributed by atoms with Gasteiger partial charge in [-0.2, -0.15) is 0 Å². The summed E-state index contributed by atoms with van der Waals surface area (Å²) >= 11 is 5.59. The minimum absolute atomic E-state index is 1.12. The Labute approximate surface area is 369 Å². The van der Waals surface area contributed by atoms with E-state index in [1.54, 1.807) is 0 Å². The van der Waals surface area contributed by atoms with Crippen LogP contribution < -0.4 is 9.80 Å². The van der Waals surface area contributed by atoms with Crippen LogP contribution in [0.25, 0.3) is 77.2 Å². The third kappa shape index (κ3) is 5.47. The fourth-order valence-electron chi connectivity index (χ4n) is 9.52. The highest BCUT2D eigenvalue weighted by molar-refractivity contribution is 7.26. The van der Waals surface area contributed by atoms with Gasteiger partial charge in [-0.1, -0.05) is 109 Å². The number of aromatic nitrogens is 1. The Bertz CT molecular complexity index is 3820. The molecular weight excluding hydrogens is 811 g/mol. The van der Waals surface area contributed by atoms with Crippen molar-refractivity contribution in [1.82, 2.24) is 4.57 Å². The lowest BCUT2D eigenvalue weighted by Gasteiger charge is -2.27. The average Bonchev–Trinajstić information content (AvgIpc) is 4.09. The molecule has 62 heavy (non-hydrogen) atoms. The summed E-state index contributed by atoms with van der Waals surface area (Å²) in [6.07, 6.45) is 0. The molecule has 4 aromatic heterocycles. The van der Waals surface area contributed by atoms with Gasteiger partial charge in [-0.15, -0.1) is 34.0 Å². The predicted molar refractivity (Wildman–Crippen MR) is 271 cm³/mol. The molecule has 0 saturated heterocycles. The lowest BCUT2D eigenvalue weighted by molar-refractivity contribution is 1.19. The summed E-state index contributed by atoms with van der Waals surface area (Å²) in [6.45, 7) is 0. The molecule has 0 radical (unpaired) electrons. The van der Waals surface area contributed by atoms with Crippen LogP contribution in [0.2, 0.25) is 0 Å². The van der Waals surface area contributed by atoms with E-state index < -0.39 is 0 Å². The molecule has 0 aliphatic carbocycles. The number of nitrogens with zero attached hydrogens (tertiary/aromatic N) is 3. The molecule has 13 aromatic rings. The minimum atomic E-state index is 1.12. The summed E-state index contributed by atoms with van der Waals surface area (Å²) in [5.41, 5.74) is 9.19. The maximum atomic E-state index is 2.48. The average molecular weight is 846 g/mol. The molecule has 13 rings (SSSR count). The fourth-order valence-corrected chi connectivity index (χ4v) is 13.0. The second-order valence-corrected chi connectivity index (χ2v) is 18.9. The fraction of sp³-hybridized carbons (Fsp3) is 0. The number of thiophene rings is 3. The monoisotopic (exact) mass is 845 g/mol. The van der Waals surface area contributed by atoms with Gasteiger partial charge in [0.1, 0.15) is 4.83 Å². The first kappa shape index (κ1) is 35.5. The van der Waals surface area contributed by atoms with Crippen LogP contribution in [-0.2, 0) is 0 Å². The molecule has 6 heteroatoms. The van der Waals surface area contributed by atoms with Crippen LogP contribution in [0.4, 0.5) is 34.1 Å². The second-order valence-electron chi connectivity index (χ2n) is 15.7. The molecule has 0 atom stereocenters. The van der Waals surface area contributed by atoms with Gasteiger partial charge in [-0.25, -0.2) is 0 Å². The van der Waals surface area contributed by atoms with Gasteiger partial charge in [0.2, 0.25) is 0 Å². The number of benzene rings is 9. The van der Waals surface area contributed by atoms with Crippen molar-refractivity contribution in [2.75, 3.05) is 9.80 Å². The van der Waals surface area contributed by atoms with Gasteiger partial charge in [0.15, 0.2) is 0 Å². The predicted octanol–water partition coefficient (Wildman–Crippen LogP) is 17.7. The number of anilines is 6. The highest BCUT2D eigenvalue weighted by Crippen LogP contribution is 2.50. The molecule has 9 aromatic carbocycles. The van der Waals surface area contributed by atoms with Gasteiger partial charge in [0.05, 0.1) is 16.9 Å². The molecule has 0 saturated carbocycles. The Hall–Kier alpha value is -7.22. The summed E-state index contributed by atoms with van der Waals surface area (Å²) in [5, 5.41) is 8.92. The molecule has 0 N–H and O–H groups in total. The van der Waals surface area contributed by atoms with E-state index in [1.165, 1.54) is 82.9 Å². The quantitative estimate of drug-likeness (QED) is 0.158. The van der Waals surface area contributed by atoms with Crippen LogP contribution in [0.15, 0.2) is 212 Å². The van der Waals surface area contributed by atoms with Crippen LogP contribution in [0, 0.1) is 0 Å². The number of fused-ring (bicyclic) bond motifs is 11. The Morgan fingerprint density at radius 2 is 0.790 bits per heavy atom. The van der Waals surface area contributed by atoms with Crippen molar-refractivity contribution < 1.29 is 0 Å². The summed E-state index contributed by atoms with van der Waals surface area (Å²) in [4.78, 5) is 6.13. The first-order valence-electron chi connectivity index (χ1n) is 20.8. The minimum Gasteiger partial charge on any atom is -0.310 e. The molecule has 0 aliphatic heterocycles. The van der Waals surface area contributed by atoms with Gasteiger partial charge >= 0.3 is 0 Å². The molecule has 4 heterocycles. The zero-order valence-corrected chi connectivity index (χ0v) is 35.7. The first-order valence-corrected chi connectivity index (χ1v) is 23.3. The normalized spacial score (nSPS) is 11.9. The van der Waals surface area contributed by atoms with Crippen molar-refractivity contribution in [2.24, 2.45) is 0 Å². The first-order chi connectivity index (χ1) is 30.8. The topological polar surface area (TPSA) is 11.4 Å². The standard InChI is InChI=1S/C56H35N3S3/c1-4-16-36(17-5-1)57(45-24-14-28-51-54(45)42-22-10-12-26-48(42)60-51)39-31-33-50-44(34-39)53-41-32-30-40(35-47(41)59(56(53)62-50)38-20-8-3-9-21-38)58(37-18-6-2-7-19-37)46-25-15-29-52-55(46)43-23-11-13-27-49(43)61-52/h1-35H. The SMILES string of the molecule is c1ccc(N(c2ccc3sc4c(c3c2)c2ccc(N(c3ccccc3)c3cccc5sc6ccccc6c35)cc2n4-c2ccccc2)c2cccc3sc4ccccc4c23)cc1. The zero-order valence-electron chi connectivity index (χ0n) is 33.3. The van der Waals surface area contributed by atoms with Gasteiger partial charge in [-0.3, -0.25) is 0 Å². The van der Waals surface area contributed by atoms with Crippen LogP contribution in [0.1, 0.15) is 0 Å². The molecule has 0 spiro atoms. The zero-order chi connectivity index (χ0) is 40.7. The number of hydrogen-bond acceptors (Lipinski definition) is 5. The van der Waals surface area contributed by atoms with Gasteiger partial charge < -0.3 is 14.4 Å². The largest absolute Gasteiger partial charge is 0.310 e. The summed E-state index contributed by atoms with van der Waals surface area (Å²) in [7, 11) is 0. The van der Waals surface area contributed by atoms with Crippen molar-refractivity contribution >= 4 is 140 Å². The third-order valence-corrected chi connectivity index (χ3v) is 15.6. The second kappa shape index (κ2) is 14.2. The van der Waals surface area contributed by atoms with Crippen molar-refractivity contribution in [2.45, 2.75) is 0 Å². The van der Waals surface area contributed by atoms with E-state index in [4.69, 9.17) is 0 Å². The van der Waals surface area contributed by atoms with E-state index in [1.807, 2.05) is 34.0 Å². The van der Waals surface area contributed by atoms with Crippen molar-refractivity contribution in [3.05, 3.63) is 212 Å². The summed E-state index contributed by atoms with van der Waals surface area (Å²) < 4.78 is 8.93. The van der Waals surface area contributed by atoms with Gasteiger partial charge in [-0.05, 0) is 103 Å². The van der Waals surface area contributed by atoms with Gasteiger partial charge in [0.25, 0.3) is 0 Å². The van der Waals surface area contributed by atoms with E-state index in [0.717, 1.165) is 28.4 Å². The van der Waals surface area contributed by atoms with Crippen LogP contribution in [-0.4, -0.2) is 4.57 Å². The van der Waals surface area contributed by atoms with Crippen LogP contribution in [0.3, 0.4) is 0 Å². The van der Waals surface area contributed by atoms with E-state index >= 15 is 0 Å². The Morgan fingerprint density at radius 3 is 1.39 bits per heavy atom. The van der Waals surface area contributed by atoms with Crippen LogP contribution >= 0.6 is 34.0 Å². The van der Waals surface area contributed by atoms with E-state index in [-0.39, 0.29) is 0 Å². The molecule has 0 bridgehead atoms. The lowest BCUT2D eigenvalue weighted by atomic mass is 10.1.